The van der Waals surface area contributed by atoms with Crippen LogP contribution in [0, 0.1) is 18.3 Å². The van der Waals surface area contributed by atoms with Crippen molar-refractivity contribution in [2.45, 2.75) is 6.92 Å². The number of nitrogens with zero attached hydrogens (tertiary/aromatic N) is 2. The van der Waals surface area contributed by atoms with Gasteiger partial charge >= 0.3 is 0 Å². The fourth-order valence-electron chi connectivity index (χ4n) is 1.54. The van der Waals surface area contributed by atoms with Gasteiger partial charge in [0.25, 0.3) is 0 Å². The molecule has 0 radical (unpaired) electrons. The second-order valence-electron chi connectivity index (χ2n) is 3.41. The van der Waals surface area contributed by atoms with Crippen LogP contribution in [0.25, 0.3) is 10.9 Å². The Morgan fingerprint density at radius 3 is 2.88 bits per heavy atom. The quantitative estimate of drug-likeness (QED) is 0.810. The van der Waals surface area contributed by atoms with Crippen molar-refractivity contribution in [1.82, 2.24) is 4.98 Å². The van der Waals surface area contributed by atoms with Crippen LogP contribution in [0.1, 0.15) is 11.1 Å². The maximum Gasteiger partial charge on any atom is 0.103 e. The lowest BCUT2D eigenvalue weighted by Gasteiger charge is -2.09. The minimum atomic E-state index is 0.340. The maximum absolute atomic E-state index is 8.88. The monoisotopic (exact) mass is 295 g/mol. The van der Waals surface area contributed by atoms with Gasteiger partial charge in [0.1, 0.15) is 6.07 Å². The number of rotatable bonds is 0. The number of benzene rings is 1. The molecule has 16 heavy (non-hydrogen) atoms. The highest BCUT2D eigenvalue weighted by Crippen LogP contribution is 2.36. The smallest absolute Gasteiger partial charge is 0.103 e. The van der Waals surface area contributed by atoms with E-state index in [9.17, 15) is 0 Å². The number of fused-ring (bicyclic) bond motifs is 1. The van der Waals surface area contributed by atoms with Crippen LogP contribution >= 0.6 is 27.5 Å². The van der Waals surface area contributed by atoms with Gasteiger partial charge in [0.05, 0.1) is 21.8 Å². The first-order chi connectivity index (χ1) is 7.56. The van der Waals surface area contributed by atoms with Crippen molar-refractivity contribution < 1.29 is 0 Å². The topological polar surface area (TPSA) is 62.7 Å². The molecule has 0 aliphatic rings. The van der Waals surface area contributed by atoms with Crippen LogP contribution in [0.2, 0.25) is 5.02 Å². The molecule has 0 aliphatic heterocycles. The van der Waals surface area contributed by atoms with E-state index in [1.807, 2.05) is 19.1 Å². The van der Waals surface area contributed by atoms with Crippen molar-refractivity contribution in [3.8, 4) is 6.07 Å². The Morgan fingerprint density at radius 2 is 2.25 bits per heavy atom. The maximum atomic E-state index is 8.88. The summed E-state index contributed by atoms with van der Waals surface area (Å²) in [5.74, 6) is 0. The first kappa shape index (κ1) is 11.2. The molecule has 0 aliphatic carbocycles. The molecule has 0 unspecified atom stereocenters. The largest absolute Gasteiger partial charge is 0.397 e. The summed E-state index contributed by atoms with van der Waals surface area (Å²) in [6.07, 6.45) is 1.45. The summed E-state index contributed by atoms with van der Waals surface area (Å²) in [7, 11) is 0. The van der Waals surface area contributed by atoms with Crippen LogP contribution in [0.4, 0.5) is 5.69 Å². The molecular weight excluding hydrogens is 289 g/mol. The SMILES string of the molecule is Cc1cc(Br)c2ncc(C#N)c(N)c2c1Cl. The molecule has 0 spiro atoms. The lowest BCUT2D eigenvalue weighted by atomic mass is 10.1. The predicted molar refractivity (Wildman–Crippen MR) is 68.3 cm³/mol. The predicted octanol–water partition coefficient (Wildman–Crippen LogP) is 3.41. The molecule has 80 valence electrons. The molecule has 0 atom stereocenters. The van der Waals surface area contributed by atoms with Crippen molar-refractivity contribution in [2.24, 2.45) is 0 Å². The van der Waals surface area contributed by atoms with Crippen LogP contribution < -0.4 is 5.73 Å². The molecule has 2 N–H and O–H groups in total. The van der Waals surface area contributed by atoms with Gasteiger partial charge in [0.2, 0.25) is 0 Å². The lowest BCUT2D eigenvalue weighted by Crippen LogP contribution is -1.96. The number of aryl methyl sites for hydroxylation is 1. The molecule has 5 heteroatoms. The standard InChI is InChI=1S/C11H7BrClN3/c1-5-2-7(12)11-8(9(5)13)10(15)6(3-14)4-16-11/h2,4H,1H3,(H2,15,16). The third-order valence-corrected chi connectivity index (χ3v) is 3.47. The number of hydrogen-bond donors (Lipinski definition) is 1. The number of halogens is 2. The minimum absolute atomic E-state index is 0.340. The number of nitrogens with two attached hydrogens (primary N) is 1. The Morgan fingerprint density at radius 1 is 1.56 bits per heavy atom. The highest BCUT2D eigenvalue weighted by atomic mass is 79.9. The van der Waals surface area contributed by atoms with Crippen LogP contribution in [0.15, 0.2) is 16.7 Å². The van der Waals surface area contributed by atoms with Crippen LogP contribution in [-0.4, -0.2) is 4.98 Å². The van der Waals surface area contributed by atoms with Crippen molar-refractivity contribution in [2.75, 3.05) is 5.73 Å². The number of nitrogen functional groups attached to an aromatic ring is 1. The van der Waals surface area contributed by atoms with Gasteiger partial charge in [-0.2, -0.15) is 5.26 Å². The van der Waals surface area contributed by atoms with E-state index in [1.54, 1.807) is 0 Å². The molecule has 0 fully saturated rings. The van der Waals surface area contributed by atoms with Crippen molar-refractivity contribution in [3.63, 3.8) is 0 Å². The van der Waals surface area contributed by atoms with Gasteiger partial charge in [-0.1, -0.05) is 11.6 Å². The van der Waals surface area contributed by atoms with Crippen LogP contribution in [-0.2, 0) is 0 Å². The third-order valence-electron chi connectivity index (χ3n) is 2.37. The van der Waals surface area contributed by atoms with E-state index in [2.05, 4.69) is 20.9 Å². The average molecular weight is 297 g/mol. The van der Waals surface area contributed by atoms with E-state index in [0.717, 1.165) is 10.0 Å². The molecule has 2 rings (SSSR count). The molecule has 0 bridgehead atoms. The van der Waals surface area contributed by atoms with Gasteiger partial charge in [0.15, 0.2) is 0 Å². The lowest BCUT2D eigenvalue weighted by molar-refractivity contribution is 1.35. The summed E-state index contributed by atoms with van der Waals surface area (Å²) >= 11 is 9.58. The van der Waals surface area contributed by atoms with Crippen molar-refractivity contribution >= 4 is 44.1 Å². The Hall–Kier alpha value is -1.31. The summed E-state index contributed by atoms with van der Waals surface area (Å²) in [5, 5.41) is 10.1. The minimum Gasteiger partial charge on any atom is -0.397 e. The summed E-state index contributed by atoms with van der Waals surface area (Å²) < 4.78 is 0.820. The van der Waals surface area contributed by atoms with Crippen molar-refractivity contribution in [1.29, 1.82) is 5.26 Å². The highest BCUT2D eigenvalue weighted by Gasteiger charge is 2.13. The summed E-state index contributed by atoms with van der Waals surface area (Å²) in [4.78, 5) is 4.18. The molecule has 0 amide bonds. The average Bonchev–Trinajstić information content (AvgIpc) is 2.26. The molecule has 1 heterocycles. The highest BCUT2D eigenvalue weighted by molar-refractivity contribution is 9.10. The molecular formula is C11H7BrClN3. The zero-order valence-electron chi connectivity index (χ0n) is 8.38. The zero-order chi connectivity index (χ0) is 11.9. The fourth-order valence-corrected chi connectivity index (χ4v) is 2.43. The molecule has 2 aromatic rings. The Balaban J connectivity index is 3.04. The van der Waals surface area contributed by atoms with E-state index in [4.69, 9.17) is 22.6 Å². The van der Waals surface area contributed by atoms with Crippen LogP contribution in [0.3, 0.4) is 0 Å². The third kappa shape index (κ3) is 1.53. The first-order valence-corrected chi connectivity index (χ1v) is 5.66. The van der Waals surface area contributed by atoms with Gasteiger partial charge in [-0.15, -0.1) is 0 Å². The normalized spacial score (nSPS) is 10.4. The zero-order valence-corrected chi connectivity index (χ0v) is 10.7. The van der Waals surface area contributed by atoms with Crippen molar-refractivity contribution in [3.05, 3.63) is 32.9 Å². The van der Waals surface area contributed by atoms with Gasteiger partial charge in [-0.3, -0.25) is 4.98 Å². The second-order valence-corrected chi connectivity index (χ2v) is 4.64. The number of anilines is 1. The second kappa shape index (κ2) is 3.93. The van der Waals surface area contributed by atoms with E-state index in [1.165, 1.54) is 6.20 Å². The van der Waals surface area contributed by atoms with Gasteiger partial charge in [0, 0.05) is 16.1 Å². The molecule has 3 nitrogen and oxygen atoms in total. The molecule has 1 aromatic carbocycles. The Bertz CT molecular complexity index is 631. The van der Waals surface area contributed by atoms with E-state index < -0.39 is 0 Å². The first-order valence-electron chi connectivity index (χ1n) is 4.49. The summed E-state index contributed by atoms with van der Waals surface area (Å²) in [6.45, 7) is 1.88. The summed E-state index contributed by atoms with van der Waals surface area (Å²) in [6, 6.07) is 3.87. The summed E-state index contributed by atoms with van der Waals surface area (Å²) in [5.41, 5.74) is 8.18. The number of nitriles is 1. The number of pyridine rings is 1. The Kier molecular flexibility index (Phi) is 2.75. The van der Waals surface area contributed by atoms with E-state index in [-0.39, 0.29) is 0 Å². The van der Waals surface area contributed by atoms with E-state index in [0.29, 0.717) is 27.2 Å². The molecule has 1 aromatic heterocycles. The van der Waals surface area contributed by atoms with Gasteiger partial charge in [-0.25, -0.2) is 0 Å². The fraction of sp³-hybridized carbons (Fsp3) is 0.0909. The Labute approximate surface area is 106 Å². The molecule has 0 saturated heterocycles. The van der Waals surface area contributed by atoms with E-state index >= 15 is 0 Å². The van der Waals surface area contributed by atoms with Gasteiger partial charge in [-0.05, 0) is 34.5 Å². The van der Waals surface area contributed by atoms with Crippen LogP contribution in [0.5, 0.6) is 0 Å². The number of aromatic nitrogens is 1. The number of hydrogen-bond acceptors (Lipinski definition) is 3. The molecule has 0 saturated carbocycles. The van der Waals surface area contributed by atoms with Gasteiger partial charge < -0.3 is 5.73 Å².